The number of fused-ring (bicyclic) bond motifs is 3. The van der Waals surface area contributed by atoms with E-state index >= 15 is 0 Å². The van der Waals surface area contributed by atoms with Crippen molar-refractivity contribution in [1.82, 2.24) is 25.3 Å². The molecule has 1 unspecified atom stereocenters. The van der Waals surface area contributed by atoms with E-state index in [0.717, 1.165) is 63.7 Å². The zero-order valence-electron chi connectivity index (χ0n) is 18.6. The monoisotopic (exact) mass is 432 g/mol. The third kappa shape index (κ3) is 6.13. The first-order valence-electron chi connectivity index (χ1n) is 11.7. The second-order valence-corrected chi connectivity index (χ2v) is 8.54. The van der Waals surface area contributed by atoms with Crippen molar-refractivity contribution in [3.63, 3.8) is 0 Å². The molecular weight excluding hydrogens is 396 g/mol. The molecule has 4 saturated heterocycles. The lowest BCUT2D eigenvalue weighted by molar-refractivity contribution is 0.0174. The Kier molecular flexibility index (Phi) is 7.69. The van der Waals surface area contributed by atoms with Crippen LogP contribution >= 0.6 is 0 Å². The van der Waals surface area contributed by atoms with Crippen LogP contribution in [-0.4, -0.2) is 104 Å². The molecule has 1 aromatic heterocycles. The maximum Gasteiger partial charge on any atom is 0.409 e. The molecule has 9 heteroatoms. The van der Waals surface area contributed by atoms with Gasteiger partial charge in [-0.1, -0.05) is 0 Å². The van der Waals surface area contributed by atoms with Gasteiger partial charge in [-0.3, -0.25) is 14.8 Å². The van der Waals surface area contributed by atoms with Crippen molar-refractivity contribution in [2.75, 3.05) is 65.5 Å². The van der Waals surface area contributed by atoms with Gasteiger partial charge in [0.15, 0.2) is 5.96 Å². The molecule has 31 heavy (non-hydrogen) atoms. The zero-order chi connectivity index (χ0) is 21.5. The minimum absolute atomic E-state index is 0.206. The summed E-state index contributed by atoms with van der Waals surface area (Å²) in [5, 5.41) is 7.09. The molecule has 4 aliphatic rings. The molecule has 0 saturated carbocycles. The maximum absolute atomic E-state index is 12.0. The molecule has 0 aliphatic carbocycles. The predicted octanol–water partition coefficient (Wildman–Crippen LogP) is 0.978. The highest BCUT2D eigenvalue weighted by atomic mass is 16.6. The fourth-order valence-electron chi connectivity index (χ4n) is 4.62. The molecule has 1 amide bonds. The number of furan rings is 1. The average molecular weight is 433 g/mol. The summed E-state index contributed by atoms with van der Waals surface area (Å²) in [6, 6.07) is 4.71. The molecule has 1 atom stereocenters. The molecule has 0 spiro atoms. The van der Waals surface area contributed by atoms with E-state index in [1.807, 2.05) is 19.1 Å². The van der Waals surface area contributed by atoms with Gasteiger partial charge < -0.3 is 24.7 Å². The molecule has 2 bridgehead atoms. The number of amides is 1. The molecule has 0 aromatic carbocycles. The summed E-state index contributed by atoms with van der Waals surface area (Å²) in [5.41, 5.74) is 0. The molecule has 9 nitrogen and oxygen atoms in total. The van der Waals surface area contributed by atoms with E-state index in [1.165, 1.54) is 13.1 Å². The van der Waals surface area contributed by atoms with Gasteiger partial charge in [-0.25, -0.2) is 4.79 Å². The molecule has 172 valence electrons. The van der Waals surface area contributed by atoms with Crippen LogP contribution in [0.5, 0.6) is 0 Å². The largest absolute Gasteiger partial charge is 0.469 e. The van der Waals surface area contributed by atoms with Gasteiger partial charge in [0, 0.05) is 70.9 Å². The van der Waals surface area contributed by atoms with Crippen molar-refractivity contribution in [3.05, 3.63) is 24.2 Å². The van der Waals surface area contributed by atoms with Gasteiger partial charge in [0.25, 0.3) is 0 Å². The van der Waals surface area contributed by atoms with Gasteiger partial charge in [-0.2, -0.15) is 0 Å². The Balaban J connectivity index is 1.30. The normalized spacial score (nSPS) is 26.7. The van der Waals surface area contributed by atoms with Crippen LogP contribution in [-0.2, 0) is 11.2 Å². The first kappa shape index (κ1) is 22.0. The fraction of sp³-hybridized carbons (Fsp3) is 0.727. The van der Waals surface area contributed by atoms with Crippen LogP contribution in [0.15, 0.2) is 27.8 Å². The number of nitrogens with one attached hydrogen (secondary N) is 2. The SMILES string of the molecule is CCOC(=O)N1CCC(NC(=NCC2CN3CCN2CC3)NCCc2ccco2)CC1. The van der Waals surface area contributed by atoms with Gasteiger partial charge in [0.05, 0.1) is 19.4 Å². The molecule has 5 rings (SSSR count). The highest BCUT2D eigenvalue weighted by Crippen LogP contribution is 2.16. The van der Waals surface area contributed by atoms with Crippen molar-refractivity contribution in [3.8, 4) is 0 Å². The first-order chi connectivity index (χ1) is 15.2. The third-order valence-electron chi connectivity index (χ3n) is 6.46. The number of guanidine groups is 1. The Morgan fingerprint density at radius 1 is 1.23 bits per heavy atom. The molecule has 1 aromatic rings. The number of hydrogen-bond donors (Lipinski definition) is 2. The first-order valence-corrected chi connectivity index (χ1v) is 11.7. The topological polar surface area (TPSA) is 85.6 Å². The maximum atomic E-state index is 12.0. The van der Waals surface area contributed by atoms with E-state index in [9.17, 15) is 4.79 Å². The molecular formula is C22H36N6O3. The standard InChI is InChI=1S/C22H36N6O3/c1-2-30-22(29)28-9-6-18(7-10-28)25-21(23-8-5-20-4-3-15-31-20)24-16-19-17-26-11-13-27(19)14-12-26/h3-4,15,18-19H,2,5-14,16-17H2,1H3,(H2,23,24,25). The van der Waals surface area contributed by atoms with E-state index in [-0.39, 0.29) is 6.09 Å². The van der Waals surface area contributed by atoms with Crippen LogP contribution in [0.3, 0.4) is 0 Å². The minimum Gasteiger partial charge on any atom is -0.469 e. The summed E-state index contributed by atoms with van der Waals surface area (Å²) >= 11 is 0. The Bertz CT molecular complexity index is 709. The molecule has 5 heterocycles. The highest BCUT2D eigenvalue weighted by Gasteiger charge is 2.31. The van der Waals surface area contributed by atoms with Crippen molar-refractivity contribution in [2.24, 2.45) is 4.99 Å². The number of ether oxygens (including phenoxy) is 1. The van der Waals surface area contributed by atoms with Gasteiger partial charge in [-0.05, 0) is 31.9 Å². The Labute approximate surface area is 184 Å². The fourth-order valence-corrected chi connectivity index (χ4v) is 4.62. The van der Waals surface area contributed by atoms with Gasteiger partial charge in [0.2, 0.25) is 0 Å². The van der Waals surface area contributed by atoms with Gasteiger partial charge >= 0.3 is 6.09 Å². The number of carbonyl (C=O) groups is 1. The number of nitrogens with zero attached hydrogens (tertiary/aromatic N) is 4. The smallest absolute Gasteiger partial charge is 0.409 e. The number of piperazine rings is 3. The van der Waals surface area contributed by atoms with Crippen molar-refractivity contribution in [2.45, 2.75) is 38.3 Å². The lowest BCUT2D eigenvalue weighted by Crippen LogP contribution is -2.62. The number of hydrogen-bond acceptors (Lipinski definition) is 6. The van der Waals surface area contributed by atoms with Crippen LogP contribution in [0.25, 0.3) is 0 Å². The van der Waals surface area contributed by atoms with E-state index in [4.69, 9.17) is 14.1 Å². The van der Waals surface area contributed by atoms with E-state index < -0.39 is 0 Å². The number of likely N-dealkylation sites (tertiary alicyclic amines) is 1. The summed E-state index contributed by atoms with van der Waals surface area (Å²) in [7, 11) is 0. The summed E-state index contributed by atoms with van der Waals surface area (Å²) in [4.78, 5) is 23.8. The quantitative estimate of drug-likeness (QED) is 0.491. The van der Waals surface area contributed by atoms with Crippen LogP contribution in [0.2, 0.25) is 0 Å². The lowest BCUT2D eigenvalue weighted by atomic mass is 10.1. The summed E-state index contributed by atoms with van der Waals surface area (Å²) in [6.45, 7) is 11.0. The van der Waals surface area contributed by atoms with E-state index in [0.29, 0.717) is 31.8 Å². The minimum atomic E-state index is -0.206. The molecule has 4 fully saturated rings. The number of rotatable bonds is 7. The molecule has 4 aliphatic heterocycles. The number of carbonyl (C=O) groups excluding carboxylic acids is 1. The van der Waals surface area contributed by atoms with Crippen molar-refractivity contribution < 1.29 is 13.9 Å². The Hall–Kier alpha value is -2.26. The second-order valence-electron chi connectivity index (χ2n) is 8.54. The average Bonchev–Trinajstić information content (AvgIpc) is 3.32. The summed E-state index contributed by atoms with van der Waals surface area (Å²) in [6.07, 6.45) is 4.10. The predicted molar refractivity (Wildman–Crippen MR) is 119 cm³/mol. The van der Waals surface area contributed by atoms with E-state index in [2.05, 4.69) is 20.4 Å². The summed E-state index contributed by atoms with van der Waals surface area (Å²) < 4.78 is 10.6. The molecule has 0 radical (unpaired) electrons. The highest BCUT2D eigenvalue weighted by molar-refractivity contribution is 5.80. The second kappa shape index (κ2) is 10.9. The van der Waals surface area contributed by atoms with Crippen LogP contribution in [0.1, 0.15) is 25.5 Å². The van der Waals surface area contributed by atoms with Gasteiger partial charge in [-0.15, -0.1) is 0 Å². The van der Waals surface area contributed by atoms with Crippen LogP contribution in [0.4, 0.5) is 4.79 Å². The number of piperidine rings is 1. The summed E-state index contributed by atoms with van der Waals surface area (Å²) in [5.74, 6) is 1.83. The molecule has 2 N–H and O–H groups in total. The van der Waals surface area contributed by atoms with Crippen molar-refractivity contribution in [1.29, 1.82) is 0 Å². The third-order valence-corrected chi connectivity index (χ3v) is 6.46. The van der Waals surface area contributed by atoms with Gasteiger partial charge in [0.1, 0.15) is 5.76 Å². The van der Waals surface area contributed by atoms with Crippen LogP contribution < -0.4 is 10.6 Å². The Morgan fingerprint density at radius 2 is 2.03 bits per heavy atom. The lowest BCUT2D eigenvalue weighted by Gasteiger charge is -2.47. The zero-order valence-corrected chi connectivity index (χ0v) is 18.6. The number of aliphatic imine (C=N–C) groups is 1. The van der Waals surface area contributed by atoms with Crippen molar-refractivity contribution >= 4 is 12.1 Å². The van der Waals surface area contributed by atoms with E-state index in [1.54, 1.807) is 11.2 Å². The Morgan fingerprint density at radius 3 is 2.68 bits per heavy atom. The van der Waals surface area contributed by atoms with Crippen LogP contribution in [0, 0.1) is 0 Å².